The Morgan fingerprint density at radius 2 is 1.25 bits per heavy atom. The van der Waals surface area contributed by atoms with Crippen LogP contribution >= 0.6 is 0 Å². The summed E-state index contributed by atoms with van der Waals surface area (Å²) in [5.74, 6) is -1.41. The highest BCUT2D eigenvalue weighted by Crippen LogP contribution is 2.42. The van der Waals surface area contributed by atoms with Gasteiger partial charge >= 0.3 is 5.97 Å². The first-order valence-electron chi connectivity index (χ1n) is 11.0. The third-order valence-corrected chi connectivity index (χ3v) is 6.29. The Morgan fingerprint density at radius 1 is 0.844 bits per heavy atom. The minimum Gasteiger partial charge on any atom is -0.481 e. The van der Waals surface area contributed by atoms with E-state index in [1.807, 2.05) is 80.1 Å². The van der Waals surface area contributed by atoms with Crippen LogP contribution < -0.4 is 0 Å². The van der Waals surface area contributed by atoms with Crippen molar-refractivity contribution < 1.29 is 9.90 Å². The van der Waals surface area contributed by atoms with Crippen molar-refractivity contribution in [2.75, 3.05) is 0 Å². The van der Waals surface area contributed by atoms with Crippen molar-refractivity contribution in [2.24, 2.45) is 0 Å². The van der Waals surface area contributed by atoms with E-state index in [0.717, 1.165) is 33.6 Å². The van der Waals surface area contributed by atoms with Crippen molar-refractivity contribution in [3.8, 4) is 0 Å². The van der Waals surface area contributed by atoms with Gasteiger partial charge in [-0.2, -0.15) is 5.10 Å². The standard InChI is InChI=1S/C28H28N2O2/c1-4-25(27(31)32)26-20(2)29-30(21(26)3)28(22-14-8-5-9-15-22,23-16-10-6-11-17-23)24-18-12-7-13-19-24/h5-19,25H,4H2,1-3H3,(H,31,32). The molecule has 0 aliphatic carbocycles. The minimum absolute atomic E-state index is 0.512. The zero-order chi connectivity index (χ0) is 22.7. The second-order valence-electron chi connectivity index (χ2n) is 8.10. The molecule has 1 N–H and O–H groups in total. The summed E-state index contributed by atoms with van der Waals surface area (Å²) in [5.41, 5.74) is 4.88. The van der Waals surface area contributed by atoms with Crippen LogP contribution in [0.4, 0.5) is 0 Å². The molecule has 0 aliphatic heterocycles. The summed E-state index contributed by atoms with van der Waals surface area (Å²) < 4.78 is 2.03. The van der Waals surface area contributed by atoms with E-state index in [0.29, 0.717) is 6.42 Å². The SMILES string of the molecule is CCC(C(=O)O)c1c(C)nn(C(c2ccccc2)(c2ccccc2)c2ccccc2)c1C. The normalized spacial score (nSPS) is 12.5. The molecule has 0 radical (unpaired) electrons. The number of carboxylic acid groups (broad SMARTS) is 1. The van der Waals surface area contributed by atoms with Crippen molar-refractivity contribution in [1.82, 2.24) is 9.78 Å². The molecule has 1 unspecified atom stereocenters. The van der Waals surface area contributed by atoms with Gasteiger partial charge in [-0.15, -0.1) is 0 Å². The molecule has 4 nitrogen and oxygen atoms in total. The van der Waals surface area contributed by atoms with E-state index >= 15 is 0 Å². The fraction of sp³-hybridized carbons (Fsp3) is 0.214. The van der Waals surface area contributed by atoms with E-state index in [-0.39, 0.29) is 0 Å². The van der Waals surface area contributed by atoms with Gasteiger partial charge in [0.15, 0.2) is 0 Å². The van der Waals surface area contributed by atoms with Gasteiger partial charge in [-0.1, -0.05) is 97.9 Å². The van der Waals surface area contributed by atoms with E-state index in [9.17, 15) is 9.90 Å². The summed E-state index contributed by atoms with van der Waals surface area (Å²) in [6, 6.07) is 30.9. The molecular formula is C28H28N2O2. The molecule has 0 aliphatic rings. The molecule has 0 saturated heterocycles. The maximum absolute atomic E-state index is 12.1. The van der Waals surface area contributed by atoms with Crippen LogP contribution in [-0.4, -0.2) is 20.9 Å². The lowest BCUT2D eigenvalue weighted by atomic mass is 9.76. The number of carboxylic acids is 1. The van der Waals surface area contributed by atoms with Crippen LogP contribution in [0.1, 0.15) is 52.9 Å². The molecule has 4 aromatic rings. The van der Waals surface area contributed by atoms with E-state index < -0.39 is 17.4 Å². The molecule has 3 aromatic carbocycles. The molecule has 0 amide bonds. The van der Waals surface area contributed by atoms with Gasteiger partial charge in [-0.05, 0) is 37.0 Å². The van der Waals surface area contributed by atoms with Crippen molar-refractivity contribution in [3.63, 3.8) is 0 Å². The third kappa shape index (κ3) is 3.42. The predicted molar refractivity (Wildman–Crippen MR) is 127 cm³/mol. The first kappa shape index (κ1) is 21.6. The first-order valence-corrected chi connectivity index (χ1v) is 11.0. The van der Waals surface area contributed by atoms with Gasteiger partial charge in [0.2, 0.25) is 0 Å². The number of aliphatic carboxylic acids is 1. The monoisotopic (exact) mass is 424 g/mol. The van der Waals surface area contributed by atoms with Gasteiger partial charge in [-0.25, -0.2) is 4.68 Å². The molecule has 4 rings (SSSR count). The summed E-state index contributed by atoms with van der Waals surface area (Å²) in [7, 11) is 0. The Morgan fingerprint density at radius 3 is 1.59 bits per heavy atom. The number of carbonyl (C=O) groups is 1. The van der Waals surface area contributed by atoms with E-state index in [1.54, 1.807) is 0 Å². The summed E-state index contributed by atoms with van der Waals surface area (Å²) >= 11 is 0. The van der Waals surface area contributed by atoms with E-state index in [4.69, 9.17) is 5.10 Å². The number of aryl methyl sites for hydroxylation is 1. The van der Waals surface area contributed by atoms with Crippen molar-refractivity contribution in [1.29, 1.82) is 0 Å². The molecular weight excluding hydrogens is 396 g/mol. The van der Waals surface area contributed by atoms with Crippen LogP contribution in [0.25, 0.3) is 0 Å². The lowest BCUT2D eigenvalue weighted by Gasteiger charge is -2.37. The van der Waals surface area contributed by atoms with Crippen LogP contribution in [0.5, 0.6) is 0 Å². The Hall–Kier alpha value is -3.66. The Bertz CT molecular complexity index is 1100. The molecule has 0 bridgehead atoms. The van der Waals surface area contributed by atoms with Crippen LogP contribution in [0.15, 0.2) is 91.0 Å². The second kappa shape index (κ2) is 8.83. The van der Waals surface area contributed by atoms with Crippen LogP contribution in [0.3, 0.4) is 0 Å². The van der Waals surface area contributed by atoms with Gasteiger partial charge in [0.05, 0.1) is 11.6 Å². The smallest absolute Gasteiger partial charge is 0.311 e. The largest absolute Gasteiger partial charge is 0.481 e. The topological polar surface area (TPSA) is 55.1 Å². The predicted octanol–water partition coefficient (Wildman–Crippen LogP) is 5.92. The zero-order valence-corrected chi connectivity index (χ0v) is 18.7. The summed E-state index contributed by atoms with van der Waals surface area (Å²) in [6.07, 6.45) is 0.512. The van der Waals surface area contributed by atoms with Crippen LogP contribution in [0, 0.1) is 13.8 Å². The van der Waals surface area contributed by atoms with Gasteiger partial charge in [-0.3, -0.25) is 4.79 Å². The molecule has 1 atom stereocenters. The van der Waals surface area contributed by atoms with Gasteiger partial charge in [0, 0.05) is 11.3 Å². The fourth-order valence-corrected chi connectivity index (χ4v) is 4.89. The third-order valence-electron chi connectivity index (χ3n) is 6.29. The maximum atomic E-state index is 12.1. The number of hydrogen-bond acceptors (Lipinski definition) is 2. The highest BCUT2D eigenvalue weighted by molar-refractivity contribution is 5.77. The minimum atomic E-state index is -0.817. The maximum Gasteiger partial charge on any atom is 0.311 e. The molecule has 32 heavy (non-hydrogen) atoms. The molecule has 4 heteroatoms. The summed E-state index contributed by atoms with van der Waals surface area (Å²) in [5, 5.41) is 14.9. The highest BCUT2D eigenvalue weighted by atomic mass is 16.4. The van der Waals surface area contributed by atoms with Crippen molar-refractivity contribution >= 4 is 5.97 Å². The molecule has 0 saturated carbocycles. The van der Waals surface area contributed by atoms with Crippen LogP contribution in [0.2, 0.25) is 0 Å². The Balaban J connectivity index is 2.14. The number of rotatable bonds is 7. The summed E-state index contributed by atoms with van der Waals surface area (Å²) in [6.45, 7) is 5.81. The molecule has 0 spiro atoms. The zero-order valence-electron chi connectivity index (χ0n) is 18.7. The van der Waals surface area contributed by atoms with E-state index in [1.165, 1.54) is 0 Å². The molecule has 1 aromatic heterocycles. The van der Waals surface area contributed by atoms with Crippen LogP contribution in [-0.2, 0) is 10.3 Å². The Labute approximate surface area is 189 Å². The average molecular weight is 425 g/mol. The van der Waals surface area contributed by atoms with Gasteiger partial charge < -0.3 is 5.11 Å². The number of benzene rings is 3. The first-order chi connectivity index (χ1) is 15.5. The van der Waals surface area contributed by atoms with Crippen molar-refractivity contribution in [2.45, 2.75) is 38.6 Å². The lowest BCUT2D eigenvalue weighted by Crippen LogP contribution is -2.39. The molecule has 162 valence electrons. The fourth-order valence-electron chi connectivity index (χ4n) is 4.89. The van der Waals surface area contributed by atoms with E-state index in [2.05, 4.69) is 36.4 Å². The second-order valence-corrected chi connectivity index (χ2v) is 8.10. The number of nitrogens with zero attached hydrogens (tertiary/aromatic N) is 2. The molecule has 1 heterocycles. The number of hydrogen-bond donors (Lipinski definition) is 1. The average Bonchev–Trinajstić information content (AvgIpc) is 3.11. The van der Waals surface area contributed by atoms with Crippen molar-refractivity contribution in [3.05, 3.63) is 125 Å². The lowest BCUT2D eigenvalue weighted by molar-refractivity contribution is -0.138. The quantitative estimate of drug-likeness (QED) is 0.375. The summed E-state index contributed by atoms with van der Waals surface area (Å²) in [4.78, 5) is 12.1. The number of aromatic nitrogens is 2. The molecule has 0 fully saturated rings. The van der Waals surface area contributed by atoms with Gasteiger partial charge in [0.25, 0.3) is 0 Å². The Kier molecular flexibility index (Phi) is 5.95. The highest BCUT2D eigenvalue weighted by Gasteiger charge is 2.42. The van der Waals surface area contributed by atoms with Gasteiger partial charge in [0.1, 0.15) is 5.54 Å².